The van der Waals surface area contributed by atoms with Crippen molar-refractivity contribution in [2.45, 2.75) is 20.0 Å². The van der Waals surface area contributed by atoms with E-state index in [-0.39, 0.29) is 0 Å². The fourth-order valence-corrected chi connectivity index (χ4v) is 1.11. The Morgan fingerprint density at radius 1 is 1.50 bits per heavy atom. The Labute approximate surface area is 76.7 Å². The highest BCUT2D eigenvalue weighted by Gasteiger charge is 2.00. The third-order valence-corrected chi connectivity index (χ3v) is 1.62. The molecule has 0 aliphatic carbocycles. The zero-order chi connectivity index (χ0) is 8.97. The van der Waals surface area contributed by atoms with Crippen molar-refractivity contribution in [1.29, 1.82) is 0 Å². The normalized spacial score (nSPS) is 10.2. The van der Waals surface area contributed by atoms with Crippen molar-refractivity contribution >= 4 is 11.6 Å². The van der Waals surface area contributed by atoms with E-state index in [1.807, 2.05) is 6.92 Å². The van der Waals surface area contributed by atoms with Crippen LogP contribution < -0.4 is 0 Å². The molecule has 0 fully saturated rings. The molecule has 0 unspecified atom stereocenters. The van der Waals surface area contributed by atoms with Gasteiger partial charge in [-0.05, 0) is 12.5 Å². The highest BCUT2D eigenvalue weighted by molar-refractivity contribution is 6.29. The van der Waals surface area contributed by atoms with Gasteiger partial charge in [-0.1, -0.05) is 18.5 Å². The van der Waals surface area contributed by atoms with E-state index in [9.17, 15) is 0 Å². The molecule has 0 aromatic carbocycles. The van der Waals surface area contributed by atoms with Gasteiger partial charge in [0, 0.05) is 12.8 Å². The third kappa shape index (κ3) is 2.43. The second-order valence-corrected chi connectivity index (χ2v) is 2.77. The van der Waals surface area contributed by atoms with Crippen LogP contribution in [0.1, 0.15) is 18.4 Å². The Morgan fingerprint density at radius 3 is 2.83 bits per heavy atom. The molecular weight excluding hydrogens is 176 g/mol. The van der Waals surface area contributed by atoms with Crippen molar-refractivity contribution in [1.82, 2.24) is 9.97 Å². The third-order valence-electron chi connectivity index (χ3n) is 1.43. The van der Waals surface area contributed by atoms with Crippen LogP contribution >= 0.6 is 11.6 Å². The number of hydrogen-bond donors (Lipinski definition) is 0. The van der Waals surface area contributed by atoms with Gasteiger partial charge in [0.2, 0.25) is 0 Å². The topological polar surface area (TPSA) is 35.0 Å². The number of halogens is 1. The first-order valence-electron chi connectivity index (χ1n) is 3.77. The number of methoxy groups -OCH3 is 1. The van der Waals surface area contributed by atoms with E-state index >= 15 is 0 Å². The van der Waals surface area contributed by atoms with Crippen molar-refractivity contribution in [3.05, 3.63) is 22.7 Å². The van der Waals surface area contributed by atoms with Gasteiger partial charge in [-0.15, -0.1) is 0 Å². The van der Waals surface area contributed by atoms with Crippen molar-refractivity contribution < 1.29 is 4.74 Å². The molecule has 0 N–H and O–H groups in total. The van der Waals surface area contributed by atoms with Crippen LogP contribution in [0.5, 0.6) is 0 Å². The summed E-state index contributed by atoms with van der Waals surface area (Å²) in [6, 6.07) is 1.76. The Morgan fingerprint density at radius 2 is 2.25 bits per heavy atom. The summed E-state index contributed by atoms with van der Waals surface area (Å²) in [6.07, 6.45) is 0.860. The van der Waals surface area contributed by atoms with E-state index in [2.05, 4.69) is 9.97 Å². The summed E-state index contributed by atoms with van der Waals surface area (Å²) in [5.41, 5.74) is 0.946. The minimum atomic E-state index is 0.410. The summed E-state index contributed by atoms with van der Waals surface area (Å²) < 4.78 is 4.90. The lowest BCUT2D eigenvalue weighted by Crippen LogP contribution is -2.00. The van der Waals surface area contributed by atoms with Crippen LogP contribution in [0.15, 0.2) is 6.07 Å². The molecule has 3 nitrogen and oxygen atoms in total. The summed E-state index contributed by atoms with van der Waals surface area (Å²) in [4.78, 5) is 8.22. The van der Waals surface area contributed by atoms with Gasteiger partial charge in [0.25, 0.3) is 0 Å². The van der Waals surface area contributed by atoms with Crippen LogP contribution in [0.3, 0.4) is 0 Å². The lowest BCUT2D eigenvalue weighted by molar-refractivity contribution is 0.177. The van der Waals surface area contributed by atoms with E-state index in [1.165, 1.54) is 0 Å². The summed E-state index contributed by atoms with van der Waals surface area (Å²) in [5.74, 6) is 0.641. The first kappa shape index (κ1) is 9.42. The molecule has 1 heterocycles. The SMILES string of the molecule is CCc1cc(Cl)nc(COC)n1. The van der Waals surface area contributed by atoms with Crippen LogP contribution in [-0.2, 0) is 17.8 Å². The Hall–Kier alpha value is -0.670. The minimum absolute atomic E-state index is 0.410. The molecule has 0 bridgehead atoms. The summed E-state index contributed by atoms with van der Waals surface area (Å²) >= 11 is 5.76. The van der Waals surface area contributed by atoms with Gasteiger partial charge < -0.3 is 4.74 Å². The molecule has 0 atom stereocenters. The van der Waals surface area contributed by atoms with E-state index in [1.54, 1.807) is 13.2 Å². The molecular formula is C8H11ClN2O. The number of rotatable bonds is 3. The first-order valence-corrected chi connectivity index (χ1v) is 4.15. The second-order valence-electron chi connectivity index (χ2n) is 2.38. The number of hydrogen-bond acceptors (Lipinski definition) is 3. The molecule has 0 spiro atoms. The van der Waals surface area contributed by atoms with Crippen LogP contribution in [-0.4, -0.2) is 17.1 Å². The fourth-order valence-electron chi connectivity index (χ4n) is 0.891. The van der Waals surface area contributed by atoms with Crippen LogP contribution in [0, 0.1) is 0 Å². The largest absolute Gasteiger partial charge is 0.377 e. The van der Waals surface area contributed by atoms with Gasteiger partial charge in [-0.25, -0.2) is 9.97 Å². The van der Waals surface area contributed by atoms with Gasteiger partial charge in [0.15, 0.2) is 5.82 Å². The summed E-state index contributed by atoms with van der Waals surface area (Å²) in [5, 5.41) is 0.480. The molecule has 0 saturated heterocycles. The number of nitrogens with zero attached hydrogens (tertiary/aromatic N) is 2. The monoisotopic (exact) mass is 186 g/mol. The fraction of sp³-hybridized carbons (Fsp3) is 0.500. The maximum absolute atomic E-state index is 5.76. The van der Waals surface area contributed by atoms with Gasteiger partial charge >= 0.3 is 0 Å². The Balaban J connectivity index is 2.90. The number of aryl methyl sites for hydroxylation is 1. The average Bonchev–Trinajstić information content (AvgIpc) is 2.04. The van der Waals surface area contributed by atoms with Crippen molar-refractivity contribution in [3.63, 3.8) is 0 Å². The van der Waals surface area contributed by atoms with E-state index in [0.717, 1.165) is 12.1 Å². The van der Waals surface area contributed by atoms with Gasteiger partial charge in [-0.2, -0.15) is 0 Å². The maximum Gasteiger partial charge on any atom is 0.155 e. The molecule has 12 heavy (non-hydrogen) atoms. The number of aromatic nitrogens is 2. The molecule has 0 radical (unpaired) electrons. The van der Waals surface area contributed by atoms with Crippen molar-refractivity contribution in [2.75, 3.05) is 7.11 Å². The molecule has 66 valence electrons. The maximum atomic E-state index is 5.76. The average molecular weight is 187 g/mol. The summed E-state index contributed by atoms with van der Waals surface area (Å²) in [7, 11) is 1.61. The first-order chi connectivity index (χ1) is 5.76. The highest BCUT2D eigenvalue weighted by Crippen LogP contribution is 2.08. The van der Waals surface area contributed by atoms with E-state index in [4.69, 9.17) is 16.3 Å². The Kier molecular flexibility index (Phi) is 3.44. The highest BCUT2D eigenvalue weighted by atomic mass is 35.5. The van der Waals surface area contributed by atoms with Crippen molar-refractivity contribution in [2.24, 2.45) is 0 Å². The van der Waals surface area contributed by atoms with Crippen molar-refractivity contribution in [3.8, 4) is 0 Å². The van der Waals surface area contributed by atoms with E-state index < -0.39 is 0 Å². The molecule has 0 amide bonds. The molecule has 4 heteroatoms. The lowest BCUT2D eigenvalue weighted by atomic mass is 10.3. The summed E-state index contributed by atoms with van der Waals surface area (Å²) in [6.45, 7) is 2.43. The van der Waals surface area contributed by atoms with Gasteiger partial charge in [0.05, 0.1) is 0 Å². The molecule has 1 aromatic heterocycles. The van der Waals surface area contributed by atoms with Crippen LogP contribution in [0.2, 0.25) is 5.15 Å². The molecule has 0 aliphatic heterocycles. The predicted molar refractivity (Wildman–Crippen MR) is 47.1 cm³/mol. The second kappa shape index (κ2) is 4.38. The predicted octanol–water partition coefficient (Wildman–Crippen LogP) is 1.84. The molecule has 0 saturated carbocycles. The minimum Gasteiger partial charge on any atom is -0.377 e. The molecule has 0 aliphatic rings. The van der Waals surface area contributed by atoms with Gasteiger partial charge in [0.1, 0.15) is 11.8 Å². The zero-order valence-corrected chi connectivity index (χ0v) is 7.93. The quantitative estimate of drug-likeness (QED) is 0.676. The lowest BCUT2D eigenvalue weighted by Gasteiger charge is -2.01. The zero-order valence-electron chi connectivity index (χ0n) is 7.17. The van der Waals surface area contributed by atoms with Crippen LogP contribution in [0.4, 0.5) is 0 Å². The number of ether oxygens (including phenoxy) is 1. The smallest absolute Gasteiger partial charge is 0.155 e. The van der Waals surface area contributed by atoms with Crippen LogP contribution in [0.25, 0.3) is 0 Å². The van der Waals surface area contributed by atoms with E-state index in [0.29, 0.717) is 17.6 Å². The van der Waals surface area contributed by atoms with Gasteiger partial charge in [-0.3, -0.25) is 0 Å². The Bertz CT molecular complexity index is 265. The molecule has 1 aromatic rings. The molecule has 1 rings (SSSR count). The standard InChI is InChI=1S/C8H11ClN2O/c1-3-6-4-7(9)11-8(10-6)5-12-2/h4H,3,5H2,1-2H3.